The van der Waals surface area contributed by atoms with Gasteiger partial charge in [0.05, 0.1) is 0 Å². The van der Waals surface area contributed by atoms with Crippen LogP contribution in [0.2, 0.25) is 0 Å². The molecule has 0 amide bonds. The van der Waals surface area contributed by atoms with Crippen molar-refractivity contribution in [3.63, 3.8) is 0 Å². The number of rotatable bonds is 3. The number of hydrogen-bond donors (Lipinski definition) is 1. The van der Waals surface area contributed by atoms with E-state index in [0.717, 1.165) is 24.7 Å². The van der Waals surface area contributed by atoms with Crippen molar-refractivity contribution in [3.8, 4) is 0 Å². The molecule has 1 saturated carbocycles. The van der Waals surface area contributed by atoms with Crippen molar-refractivity contribution in [2.24, 2.45) is 5.73 Å². The van der Waals surface area contributed by atoms with Gasteiger partial charge in [0.15, 0.2) is 0 Å². The molecule has 3 atom stereocenters. The average molecular weight is 292 g/mol. The lowest BCUT2D eigenvalue weighted by atomic mass is 9.90. The summed E-state index contributed by atoms with van der Waals surface area (Å²) in [7, 11) is 0. The molecule has 0 bridgehead atoms. The van der Waals surface area contributed by atoms with E-state index in [-0.39, 0.29) is 5.54 Å². The predicted molar refractivity (Wildman–Crippen MR) is 86.4 cm³/mol. The van der Waals surface area contributed by atoms with Crippen LogP contribution in [-0.2, 0) is 0 Å². The van der Waals surface area contributed by atoms with Crippen molar-refractivity contribution in [2.75, 3.05) is 39.3 Å². The zero-order valence-electron chi connectivity index (χ0n) is 13.6. The van der Waals surface area contributed by atoms with Crippen LogP contribution in [-0.4, -0.2) is 77.6 Å². The third-order valence-corrected chi connectivity index (χ3v) is 6.62. The van der Waals surface area contributed by atoms with Crippen molar-refractivity contribution < 1.29 is 0 Å². The number of piperazine rings is 1. The Kier molecular flexibility index (Phi) is 3.77. The van der Waals surface area contributed by atoms with Crippen molar-refractivity contribution in [1.82, 2.24) is 14.7 Å². The van der Waals surface area contributed by atoms with Gasteiger partial charge in [-0.25, -0.2) is 0 Å². The SMILES string of the molecule is CC1CC(CN)(N2CCN3CCCCC3C2)CN1C1CC1. The fourth-order valence-corrected chi connectivity index (χ4v) is 5.22. The molecule has 0 aromatic rings. The Hall–Kier alpha value is -0.160. The molecule has 2 N–H and O–H groups in total. The van der Waals surface area contributed by atoms with Gasteiger partial charge in [0.2, 0.25) is 0 Å². The number of fused-ring (bicyclic) bond motifs is 1. The van der Waals surface area contributed by atoms with E-state index >= 15 is 0 Å². The first-order valence-corrected chi connectivity index (χ1v) is 9.17. The van der Waals surface area contributed by atoms with Crippen molar-refractivity contribution >= 4 is 0 Å². The van der Waals surface area contributed by atoms with E-state index in [9.17, 15) is 0 Å². The summed E-state index contributed by atoms with van der Waals surface area (Å²) in [4.78, 5) is 8.29. The number of hydrogen-bond acceptors (Lipinski definition) is 4. The third kappa shape index (κ3) is 2.54. The van der Waals surface area contributed by atoms with E-state index in [1.54, 1.807) is 0 Å². The summed E-state index contributed by atoms with van der Waals surface area (Å²) in [6.45, 7) is 9.59. The predicted octanol–water partition coefficient (Wildman–Crippen LogP) is 1.11. The van der Waals surface area contributed by atoms with Crippen LogP contribution in [0.25, 0.3) is 0 Å². The second-order valence-corrected chi connectivity index (χ2v) is 8.02. The summed E-state index contributed by atoms with van der Waals surface area (Å²) < 4.78 is 0. The first kappa shape index (κ1) is 14.4. The highest BCUT2D eigenvalue weighted by molar-refractivity contribution is 5.08. The van der Waals surface area contributed by atoms with Gasteiger partial charge in [-0.3, -0.25) is 14.7 Å². The Morgan fingerprint density at radius 3 is 2.67 bits per heavy atom. The monoisotopic (exact) mass is 292 g/mol. The summed E-state index contributed by atoms with van der Waals surface area (Å²) in [6, 6.07) is 2.41. The highest BCUT2D eigenvalue weighted by Crippen LogP contribution is 2.40. The lowest BCUT2D eigenvalue weighted by molar-refractivity contribution is -0.00781. The van der Waals surface area contributed by atoms with E-state index in [1.165, 1.54) is 71.2 Å². The van der Waals surface area contributed by atoms with E-state index < -0.39 is 0 Å². The number of likely N-dealkylation sites (tertiary alicyclic amines) is 1. The molecule has 3 saturated heterocycles. The van der Waals surface area contributed by atoms with Gasteiger partial charge in [-0.15, -0.1) is 0 Å². The van der Waals surface area contributed by atoms with Crippen LogP contribution in [0.4, 0.5) is 0 Å². The zero-order valence-corrected chi connectivity index (χ0v) is 13.6. The minimum atomic E-state index is 0.269. The minimum Gasteiger partial charge on any atom is -0.329 e. The highest BCUT2D eigenvalue weighted by atomic mass is 15.4. The van der Waals surface area contributed by atoms with Crippen LogP contribution in [0.1, 0.15) is 45.4 Å². The maximum atomic E-state index is 6.33. The van der Waals surface area contributed by atoms with Crippen molar-refractivity contribution in [1.29, 1.82) is 0 Å². The van der Waals surface area contributed by atoms with E-state index in [4.69, 9.17) is 5.73 Å². The van der Waals surface area contributed by atoms with Crippen LogP contribution in [0.5, 0.6) is 0 Å². The molecular formula is C17H32N4. The van der Waals surface area contributed by atoms with Crippen LogP contribution in [0, 0.1) is 0 Å². The molecule has 3 heterocycles. The summed E-state index contributed by atoms with van der Waals surface area (Å²) in [6.07, 6.45) is 8.36. The maximum absolute atomic E-state index is 6.33. The maximum Gasteiger partial charge on any atom is 0.0474 e. The first-order chi connectivity index (χ1) is 10.2. The summed E-state index contributed by atoms with van der Waals surface area (Å²) in [5.74, 6) is 0. The van der Waals surface area contributed by atoms with Crippen LogP contribution in [0.3, 0.4) is 0 Å². The molecule has 1 aliphatic carbocycles. The molecule has 4 heteroatoms. The molecule has 0 spiro atoms. The topological polar surface area (TPSA) is 35.7 Å². The normalized spacial score (nSPS) is 43.1. The van der Waals surface area contributed by atoms with E-state index in [0.29, 0.717) is 0 Å². The van der Waals surface area contributed by atoms with Gasteiger partial charge >= 0.3 is 0 Å². The summed E-state index contributed by atoms with van der Waals surface area (Å²) in [5.41, 5.74) is 6.60. The van der Waals surface area contributed by atoms with Crippen LogP contribution >= 0.6 is 0 Å². The molecule has 0 aromatic heterocycles. The standard InChI is InChI=1S/C17H32N4/c1-14-10-17(12-18,13-21(14)15-5-6-15)20-9-8-19-7-3-2-4-16(19)11-20/h14-16H,2-13,18H2,1H3. The second kappa shape index (κ2) is 5.48. The average Bonchev–Trinajstić information content (AvgIpc) is 3.30. The Labute approximate surface area is 129 Å². The molecular weight excluding hydrogens is 260 g/mol. The summed E-state index contributed by atoms with van der Waals surface area (Å²) in [5, 5.41) is 0. The van der Waals surface area contributed by atoms with Gasteiger partial charge in [-0.1, -0.05) is 6.42 Å². The van der Waals surface area contributed by atoms with Gasteiger partial charge in [-0.2, -0.15) is 0 Å². The molecule has 4 aliphatic rings. The van der Waals surface area contributed by atoms with Crippen molar-refractivity contribution in [3.05, 3.63) is 0 Å². The molecule has 3 aliphatic heterocycles. The fourth-order valence-electron chi connectivity index (χ4n) is 5.22. The smallest absolute Gasteiger partial charge is 0.0474 e. The fraction of sp³-hybridized carbons (Fsp3) is 1.00. The second-order valence-electron chi connectivity index (χ2n) is 8.02. The molecule has 0 radical (unpaired) electrons. The number of piperidine rings is 1. The number of nitrogens with two attached hydrogens (primary N) is 1. The van der Waals surface area contributed by atoms with Gasteiger partial charge in [0, 0.05) is 56.4 Å². The Balaban J connectivity index is 1.48. The molecule has 120 valence electrons. The molecule has 21 heavy (non-hydrogen) atoms. The first-order valence-electron chi connectivity index (χ1n) is 9.17. The van der Waals surface area contributed by atoms with Crippen molar-refractivity contribution in [2.45, 2.75) is 69.1 Å². The van der Waals surface area contributed by atoms with Crippen LogP contribution < -0.4 is 5.73 Å². The lowest BCUT2D eigenvalue weighted by Crippen LogP contribution is -2.64. The van der Waals surface area contributed by atoms with Gasteiger partial charge in [0.1, 0.15) is 0 Å². The Bertz CT molecular complexity index is 383. The third-order valence-electron chi connectivity index (χ3n) is 6.62. The van der Waals surface area contributed by atoms with Gasteiger partial charge < -0.3 is 5.73 Å². The molecule has 3 unspecified atom stereocenters. The van der Waals surface area contributed by atoms with E-state index in [1.807, 2.05) is 0 Å². The quantitative estimate of drug-likeness (QED) is 0.845. The Morgan fingerprint density at radius 1 is 1.05 bits per heavy atom. The Morgan fingerprint density at radius 2 is 1.90 bits per heavy atom. The molecule has 4 nitrogen and oxygen atoms in total. The van der Waals surface area contributed by atoms with E-state index in [2.05, 4.69) is 21.6 Å². The zero-order chi connectivity index (χ0) is 14.4. The summed E-state index contributed by atoms with van der Waals surface area (Å²) >= 11 is 0. The van der Waals surface area contributed by atoms with Gasteiger partial charge in [-0.05, 0) is 45.6 Å². The van der Waals surface area contributed by atoms with Crippen LogP contribution in [0.15, 0.2) is 0 Å². The molecule has 4 rings (SSSR count). The van der Waals surface area contributed by atoms with Gasteiger partial charge in [0.25, 0.3) is 0 Å². The largest absolute Gasteiger partial charge is 0.329 e. The minimum absolute atomic E-state index is 0.269. The number of nitrogens with zero attached hydrogens (tertiary/aromatic N) is 3. The lowest BCUT2D eigenvalue weighted by Gasteiger charge is -2.50. The molecule has 0 aromatic carbocycles. The highest BCUT2D eigenvalue weighted by Gasteiger charge is 2.50. The molecule has 4 fully saturated rings.